The quantitative estimate of drug-likeness (QED) is 0.204. The van der Waals surface area contributed by atoms with Gasteiger partial charge in [-0.1, -0.05) is 140 Å². The summed E-state index contributed by atoms with van der Waals surface area (Å²) in [7, 11) is 0. The molecule has 0 N–H and O–H groups in total. The van der Waals surface area contributed by atoms with Crippen LogP contribution in [0.2, 0.25) is 0 Å². The van der Waals surface area contributed by atoms with Gasteiger partial charge in [-0.05, 0) is 39.4 Å². The van der Waals surface area contributed by atoms with Gasteiger partial charge in [0.25, 0.3) is 0 Å². The number of benzene rings is 7. The second kappa shape index (κ2) is 10.5. The van der Waals surface area contributed by atoms with Crippen molar-refractivity contribution in [2.24, 2.45) is 0 Å². The van der Waals surface area contributed by atoms with Crippen molar-refractivity contribution < 1.29 is 0 Å². The van der Waals surface area contributed by atoms with Gasteiger partial charge in [-0.3, -0.25) is 0 Å². The van der Waals surface area contributed by atoms with Gasteiger partial charge in [0.15, 0.2) is 17.5 Å². The van der Waals surface area contributed by atoms with Crippen LogP contribution in [0.25, 0.3) is 87.0 Å². The van der Waals surface area contributed by atoms with Crippen LogP contribution in [0, 0.1) is 0 Å². The lowest BCUT2D eigenvalue weighted by molar-refractivity contribution is 1.08. The van der Waals surface area contributed by atoms with Gasteiger partial charge < -0.3 is 0 Å². The van der Waals surface area contributed by atoms with E-state index in [9.17, 15) is 0 Å². The first-order valence-corrected chi connectivity index (χ1v) is 15.8. The van der Waals surface area contributed by atoms with Crippen LogP contribution in [-0.4, -0.2) is 15.0 Å². The molecule has 0 aliphatic rings. The average Bonchev–Trinajstić information content (AvgIpc) is 3.50. The molecule has 9 aromatic rings. The molecule has 4 heteroatoms. The summed E-state index contributed by atoms with van der Waals surface area (Å²) in [5.41, 5.74) is 5.27. The van der Waals surface area contributed by atoms with Crippen molar-refractivity contribution in [1.82, 2.24) is 15.0 Å². The molecular weight excluding hydrogens is 567 g/mol. The third-order valence-electron chi connectivity index (χ3n) is 8.52. The number of fused-ring (bicyclic) bond motifs is 6. The first kappa shape index (κ1) is 25.8. The Kier molecular flexibility index (Phi) is 6.00. The number of nitrogens with zero attached hydrogens (tertiary/aromatic N) is 3. The molecule has 45 heavy (non-hydrogen) atoms. The zero-order valence-corrected chi connectivity index (χ0v) is 25.0. The normalized spacial score (nSPS) is 11.6. The van der Waals surface area contributed by atoms with Gasteiger partial charge in [-0.25, -0.2) is 15.0 Å². The van der Waals surface area contributed by atoms with E-state index in [2.05, 4.69) is 133 Å². The summed E-state index contributed by atoms with van der Waals surface area (Å²) in [4.78, 5) is 15.2. The number of thiophene rings is 1. The van der Waals surface area contributed by atoms with Crippen molar-refractivity contribution in [2.45, 2.75) is 0 Å². The van der Waals surface area contributed by atoms with Crippen LogP contribution in [0.1, 0.15) is 0 Å². The van der Waals surface area contributed by atoms with Crippen molar-refractivity contribution in [3.05, 3.63) is 152 Å². The third kappa shape index (κ3) is 4.46. The molecule has 0 atom stereocenters. The van der Waals surface area contributed by atoms with Crippen molar-refractivity contribution in [3.8, 4) is 45.3 Å². The molecule has 2 heterocycles. The monoisotopic (exact) mass is 591 g/mol. The van der Waals surface area contributed by atoms with E-state index in [4.69, 9.17) is 15.0 Å². The first-order valence-electron chi connectivity index (χ1n) is 15.0. The SMILES string of the molecule is c1ccc(-c2nc(-c3ccc(-c4ccc5ccccc5c4)cc3)nc(-c3cccc4ccc5c6ccccc6sc5c34)n2)cc1. The highest BCUT2D eigenvalue weighted by molar-refractivity contribution is 7.26. The van der Waals surface area contributed by atoms with E-state index in [-0.39, 0.29) is 0 Å². The van der Waals surface area contributed by atoms with Crippen LogP contribution in [0.15, 0.2) is 152 Å². The lowest BCUT2D eigenvalue weighted by Crippen LogP contribution is -2.00. The fourth-order valence-electron chi connectivity index (χ4n) is 6.26. The minimum Gasteiger partial charge on any atom is -0.208 e. The van der Waals surface area contributed by atoms with Gasteiger partial charge in [0.2, 0.25) is 0 Å². The van der Waals surface area contributed by atoms with Crippen molar-refractivity contribution >= 4 is 53.1 Å². The van der Waals surface area contributed by atoms with E-state index >= 15 is 0 Å². The highest BCUT2D eigenvalue weighted by atomic mass is 32.1. The van der Waals surface area contributed by atoms with E-state index in [0.717, 1.165) is 22.3 Å². The van der Waals surface area contributed by atoms with Crippen LogP contribution >= 0.6 is 11.3 Å². The van der Waals surface area contributed by atoms with Gasteiger partial charge in [0.1, 0.15) is 0 Å². The molecule has 0 bridgehead atoms. The predicted molar refractivity (Wildman–Crippen MR) is 189 cm³/mol. The summed E-state index contributed by atoms with van der Waals surface area (Å²) in [6.45, 7) is 0. The van der Waals surface area contributed by atoms with Gasteiger partial charge in [0.05, 0.1) is 0 Å². The molecule has 210 valence electrons. The van der Waals surface area contributed by atoms with Crippen molar-refractivity contribution in [2.75, 3.05) is 0 Å². The van der Waals surface area contributed by atoms with Crippen LogP contribution < -0.4 is 0 Å². The summed E-state index contributed by atoms with van der Waals surface area (Å²) < 4.78 is 2.54. The minimum atomic E-state index is 0.657. The van der Waals surface area contributed by atoms with E-state index in [0.29, 0.717) is 17.5 Å². The molecular formula is C41H25N3S. The second-order valence-corrected chi connectivity index (χ2v) is 12.3. The molecule has 0 aliphatic carbocycles. The molecule has 9 rings (SSSR count). The van der Waals surface area contributed by atoms with E-state index < -0.39 is 0 Å². The topological polar surface area (TPSA) is 38.7 Å². The Morgan fingerprint density at radius 1 is 0.378 bits per heavy atom. The van der Waals surface area contributed by atoms with Crippen LogP contribution in [-0.2, 0) is 0 Å². The predicted octanol–water partition coefficient (Wildman–Crippen LogP) is 11.2. The molecule has 0 saturated heterocycles. The van der Waals surface area contributed by atoms with Crippen LogP contribution in [0.5, 0.6) is 0 Å². The lowest BCUT2D eigenvalue weighted by Gasteiger charge is -2.11. The maximum Gasteiger partial charge on any atom is 0.164 e. The molecule has 0 amide bonds. The minimum absolute atomic E-state index is 0.657. The van der Waals surface area contributed by atoms with Gasteiger partial charge in [-0.15, -0.1) is 11.3 Å². The first-order chi connectivity index (χ1) is 22.3. The van der Waals surface area contributed by atoms with Gasteiger partial charge >= 0.3 is 0 Å². The fourth-order valence-corrected chi connectivity index (χ4v) is 7.53. The molecule has 3 nitrogen and oxygen atoms in total. The summed E-state index contributed by atoms with van der Waals surface area (Å²) in [5.74, 6) is 1.99. The second-order valence-electron chi connectivity index (χ2n) is 11.3. The summed E-state index contributed by atoms with van der Waals surface area (Å²) in [6.07, 6.45) is 0. The lowest BCUT2D eigenvalue weighted by atomic mass is 10.00. The molecule has 0 spiro atoms. The molecule has 2 aromatic heterocycles. The zero-order chi connectivity index (χ0) is 29.7. The van der Waals surface area contributed by atoms with Gasteiger partial charge in [0, 0.05) is 42.2 Å². The number of hydrogen-bond acceptors (Lipinski definition) is 4. The van der Waals surface area contributed by atoms with Crippen LogP contribution in [0.4, 0.5) is 0 Å². The molecule has 7 aromatic carbocycles. The molecule has 0 saturated carbocycles. The fraction of sp³-hybridized carbons (Fsp3) is 0. The van der Waals surface area contributed by atoms with Crippen LogP contribution in [0.3, 0.4) is 0 Å². The highest BCUT2D eigenvalue weighted by Crippen LogP contribution is 2.42. The Balaban J connectivity index is 1.22. The molecule has 0 fully saturated rings. The standard InChI is InChI=1S/C41H25N3S/c1-2-10-29(11-3-1)39-42-40(30-20-17-27(18-21-30)32-22-19-26-9-4-5-12-31(26)25-32)44-41(43-39)35-15-8-13-28-23-24-34-33-14-6-7-16-36(33)45-38(34)37(28)35/h1-25H. The Bertz CT molecular complexity index is 2530. The third-order valence-corrected chi connectivity index (χ3v) is 9.73. The highest BCUT2D eigenvalue weighted by Gasteiger charge is 2.17. The van der Waals surface area contributed by atoms with Crippen molar-refractivity contribution in [1.29, 1.82) is 0 Å². The van der Waals surface area contributed by atoms with E-state index in [1.807, 2.05) is 29.5 Å². The maximum absolute atomic E-state index is 5.14. The Morgan fingerprint density at radius 3 is 1.84 bits per heavy atom. The number of hydrogen-bond donors (Lipinski definition) is 0. The largest absolute Gasteiger partial charge is 0.208 e. The van der Waals surface area contributed by atoms with Gasteiger partial charge in [-0.2, -0.15) is 0 Å². The summed E-state index contributed by atoms with van der Waals surface area (Å²) in [5, 5.41) is 7.37. The number of rotatable bonds is 4. The van der Waals surface area contributed by atoms with E-state index in [1.165, 1.54) is 47.3 Å². The molecule has 0 radical (unpaired) electrons. The Labute approximate surface area is 264 Å². The number of aromatic nitrogens is 3. The maximum atomic E-state index is 5.14. The van der Waals surface area contributed by atoms with Crippen molar-refractivity contribution in [3.63, 3.8) is 0 Å². The Hall–Kier alpha value is -5.71. The average molecular weight is 592 g/mol. The summed E-state index contributed by atoms with van der Waals surface area (Å²) >= 11 is 1.83. The Morgan fingerprint density at radius 2 is 1.00 bits per heavy atom. The van der Waals surface area contributed by atoms with E-state index in [1.54, 1.807) is 0 Å². The zero-order valence-electron chi connectivity index (χ0n) is 24.2. The molecule has 0 aliphatic heterocycles. The molecule has 0 unspecified atom stereocenters. The smallest absolute Gasteiger partial charge is 0.164 e. The summed E-state index contributed by atoms with van der Waals surface area (Å²) in [6, 6.07) is 53.3.